The molecule has 2 saturated heterocycles. The number of amides is 1. The van der Waals surface area contributed by atoms with Crippen molar-refractivity contribution in [3.8, 4) is 0 Å². The van der Waals surface area contributed by atoms with E-state index >= 15 is 0 Å². The summed E-state index contributed by atoms with van der Waals surface area (Å²) in [6.07, 6.45) is 0.705. The predicted molar refractivity (Wildman–Crippen MR) is 48.4 cm³/mol. The van der Waals surface area contributed by atoms with Gasteiger partial charge in [0.2, 0.25) is 5.78 Å². The second kappa shape index (κ2) is 3.05. The Balaban J connectivity index is 2.12. The minimum Gasteiger partial charge on any atom is -0.332 e. The zero-order chi connectivity index (χ0) is 10.3. The number of hydrogen-bond donors (Lipinski definition) is 0. The van der Waals surface area contributed by atoms with Crippen LogP contribution < -0.4 is 0 Å². The molecule has 0 bridgehead atoms. The minimum atomic E-state index is -2.98. The fourth-order valence-corrected chi connectivity index (χ4v) is 3.69. The molecule has 2 rings (SSSR count). The van der Waals surface area contributed by atoms with Gasteiger partial charge in [-0.3, -0.25) is 9.59 Å². The Morgan fingerprint density at radius 2 is 2.00 bits per heavy atom. The molecule has 0 aliphatic carbocycles. The summed E-state index contributed by atoms with van der Waals surface area (Å²) < 4.78 is 22.3. The average molecular weight is 217 g/mol. The molecule has 14 heavy (non-hydrogen) atoms. The van der Waals surface area contributed by atoms with Crippen molar-refractivity contribution >= 4 is 21.5 Å². The van der Waals surface area contributed by atoms with Crippen molar-refractivity contribution in [1.82, 2.24) is 4.90 Å². The van der Waals surface area contributed by atoms with E-state index in [0.29, 0.717) is 13.0 Å². The van der Waals surface area contributed by atoms with Crippen LogP contribution in [0.5, 0.6) is 0 Å². The van der Waals surface area contributed by atoms with Gasteiger partial charge >= 0.3 is 0 Å². The van der Waals surface area contributed by atoms with E-state index in [1.807, 2.05) is 0 Å². The van der Waals surface area contributed by atoms with Crippen molar-refractivity contribution < 1.29 is 18.0 Å². The number of likely N-dealkylation sites (tertiary alicyclic amines) is 1. The van der Waals surface area contributed by atoms with E-state index in [-0.39, 0.29) is 24.0 Å². The van der Waals surface area contributed by atoms with Crippen molar-refractivity contribution in [2.24, 2.45) is 0 Å². The topological polar surface area (TPSA) is 71.5 Å². The fourth-order valence-electron chi connectivity index (χ4n) is 1.96. The molecule has 0 saturated carbocycles. The summed E-state index contributed by atoms with van der Waals surface area (Å²) in [5, 5.41) is 0. The molecule has 2 fully saturated rings. The van der Waals surface area contributed by atoms with Gasteiger partial charge in [0.1, 0.15) is 0 Å². The number of nitrogens with zero attached hydrogens (tertiary/aromatic N) is 1. The van der Waals surface area contributed by atoms with E-state index in [9.17, 15) is 18.0 Å². The first-order valence-corrected chi connectivity index (χ1v) is 6.36. The molecule has 0 aromatic carbocycles. The van der Waals surface area contributed by atoms with Crippen LogP contribution in [0.2, 0.25) is 0 Å². The molecule has 78 valence electrons. The summed E-state index contributed by atoms with van der Waals surface area (Å²) in [6.45, 7) is 0.387. The van der Waals surface area contributed by atoms with E-state index in [0.717, 1.165) is 0 Å². The van der Waals surface area contributed by atoms with Crippen LogP contribution in [-0.4, -0.2) is 49.1 Å². The van der Waals surface area contributed by atoms with Gasteiger partial charge in [-0.25, -0.2) is 8.42 Å². The van der Waals surface area contributed by atoms with Gasteiger partial charge < -0.3 is 4.90 Å². The highest BCUT2D eigenvalue weighted by Gasteiger charge is 2.39. The number of sulfone groups is 1. The Labute approximate surface area is 82.0 Å². The second-order valence-electron chi connectivity index (χ2n) is 3.73. The van der Waals surface area contributed by atoms with Crippen molar-refractivity contribution in [3.63, 3.8) is 0 Å². The summed E-state index contributed by atoms with van der Waals surface area (Å²) in [6, 6.07) is -0.265. The summed E-state index contributed by atoms with van der Waals surface area (Å²) in [5.74, 6) is -0.747. The van der Waals surface area contributed by atoms with Gasteiger partial charge in [-0.15, -0.1) is 0 Å². The van der Waals surface area contributed by atoms with Crippen molar-refractivity contribution in [2.75, 3.05) is 18.1 Å². The van der Waals surface area contributed by atoms with Gasteiger partial charge in [-0.05, 0) is 6.42 Å². The molecule has 1 amide bonds. The first-order valence-electron chi connectivity index (χ1n) is 4.54. The number of carbonyl (C=O) groups is 2. The Morgan fingerprint density at radius 3 is 2.43 bits per heavy atom. The van der Waals surface area contributed by atoms with Crippen LogP contribution in [-0.2, 0) is 19.4 Å². The maximum absolute atomic E-state index is 11.3. The normalized spacial score (nSPS) is 31.4. The van der Waals surface area contributed by atoms with Crippen molar-refractivity contribution in [2.45, 2.75) is 18.9 Å². The predicted octanol–water partition coefficient (Wildman–Crippen LogP) is -1.03. The van der Waals surface area contributed by atoms with Crippen LogP contribution in [0, 0.1) is 0 Å². The average Bonchev–Trinajstić information content (AvgIpc) is 2.59. The van der Waals surface area contributed by atoms with Gasteiger partial charge in [-0.2, -0.15) is 0 Å². The number of ketones is 1. The molecule has 6 heteroatoms. The number of hydrogen-bond acceptors (Lipinski definition) is 4. The molecule has 0 spiro atoms. The highest BCUT2D eigenvalue weighted by atomic mass is 32.2. The van der Waals surface area contributed by atoms with Crippen LogP contribution in [0.1, 0.15) is 12.8 Å². The van der Waals surface area contributed by atoms with E-state index in [1.54, 1.807) is 0 Å². The lowest BCUT2D eigenvalue weighted by Gasteiger charge is -2.20. The van der Waals surface area contributed by atoms with E-state index in [4.69, 9.17) is 0 Å². The Bertz CT molecular complexity index is 386. The maximum Gasteiger partial charge on any atom is 0.290 e. The SMILES string of the molecule is O=C1CCN(C2CCS(=O)(=O)C2)C1=O. The quantitative estimate of drug-likeness (QED) is 0.527. The number of rotatable bonds is 1. The Kier molecular flexibility index (Phi) is 2.10. The summed E-state index contributed by atoms with van der Waals surface area (Å²) in [4.78, 5) is 23.7. The maximum atomic E-state index is 11.3. The van der Waals surface area contributed by atoms with Crippen LogP contribution >= 0.6 is 0 Å². The van der Waals surface area contributed by atoms with Crippen LogP contribution in [0.25, 0.3) is 0 Å². The Hall–Kier alpha value is -0.910. The highest BCUT2D eigenvalue weighted by molar-refractivity contribution is 7.91. The monoisotopic (exact) mass is 217 g/mol. The van der Waals surface area contributed by atoms with Gasteiger partial charge in [0.15, 0.2) is 9.84 Å². The third-order valence-electron chi connectivity index (χ3n) is 2.73. The minimum absolute atomic E-state index is 0.0199. The molecule has 0 radical (unpaired) electrons. The Morgan fingerprint density at radius 1 is 1.29 bits per heavy atom. The van der Waals surface area contributed by atoms with Crippen molar-refractivity contribution in [1.29, 1.82) is 0 Å². The lowest BCUT2D eigenvalue weighted by Crippen LogP contribution is -2.38. The molecular weight excluding hydrogens is 206 g/mol. The van der Waals surface area contributed by atoms with Gasteiger partial charge in [0.05, 0.1) is 11.5 Å². The van der Waals surface area contributed by atoms with E-state index in [2.05, 4.69) is 0 Å². The molecule has 2 aliphatic heterocycles. The van der Waals surface area contributed by atoms with Gasteiger partial charge in [-0.1, -0.05) is 0 Å². The molecular formula is C8H11NO4S. The standard InChI is InChI=1S/C8H11NO4S/c10-7-1-3-9(8(7)11)6-2-4-14(12,13)5-6/h6H,1-5H2. The van der Waals surface area contributed by atoms with Gasteiger partial charge in [0.25, 0.3) is 5.91 Å². The van der Waals surface area contributed by atoms with Crippen molar-refractivity contribution in [3.05, 3.63) is 0 Å². The van der Waals surface area contributed by atoms with E-state index in [1.165, 1.54) is 4.90 Å². The van der Waals surface area contributed by atoms with Crippen LogP contribution in [0.3, 0.4) is 0 Å². The first kappa shape index (κ1) is 9.64. The second-order valence-corrected chi connectivity index (χ2v) is 5.96. The third-order valence-corrected chi connectivity index (χ3v) is 4.48. The molecule has 0 aromatic rings. The lowest BCUT2D eigenvalue weighted by atomic mass is 10.2. The van der Waals surface area contributed by atoms with Crippen LogP contribution in [0.15, 0.2) is 0 Å². The first-order chi connectivity index (χ1) is 6.49. The zero-order valence-corrected chi connectivity index (χ0v) is 8.42. The molecule has 2 heterocycles. The van der Waals surface area contributed by atoms with Gasteiger partial charge in [0, 0.05) is 19.0 Å². The van der Waals surface area contributed by atoms with Crippen LogP contribution in [0.4, 0.5) is 0 Å². The molecule has 1 unspecified atom stereocenters. The fraction of sp³-hybridized carbons (Fsp3) is 0.750. The lowest BCUT2D eigenvalue weighted by molar-refractivity contribution is -0.140. The number of Topliss-reactive ketones (excluding diaryl/α,β-unsaturated/α-hetero) is 1. The molecule has 5 nitrogen and oxygen atoms in total. The molecule has 1 atom stereocenters. The molecule has 0 N–H and O–H groups in total. The summed E-state index contributed by atoms with van der Waals surface area (Å²) in [7, 11) is -2.98. The largest absolute Gasteiger partial charge is 0.332 e. The third kappa shape index (κ3) is 1.54. The summed E-state index contributed by atoms with van der Waals surface area (Å²) >= 11 is 0. The smallest absolute Gasteiger partial charge is 0.290 e. The summed E-state index contributed by atoms with van der Waals surface area (Å²) in [5.41, 5.74) is 0. The highest BCUT2D eigenvalue weighted by Crippen LogP contribution is 2.21. The molecule has 0 aromatic heterocycles. The number of carbonyl (C=O) groups excluding carboxylic acids is 2. The van der Waals surface area contributed by atoms with E-state index < -0.39 is 21.5 Å². The zero-order valence-electron chi connectivity index (χ0n) is 7.60. The molecule has 2 aliphatic rings.